The second-order valence-electron chi connectivity index (χ2n) is 3.78. The maximum atomic E-state index is 11.7. The minimum Gasteiger partial charge on any atom is -0.480 e. The molecule has 2 unspecified atom stereocenters. The number of carbonyl (C=O) groups excluding carboxylic acids is 1. The Morgan fingerprint density at radius 1 is 1.60 bits per heavy atom. The Hall–Kier alpha value is -1.10. The lowest BCUT2D eigenvalue weighted by Crippen LogP contribution is -2.43. The fourth-order valence-corrected chi connectivity index (χ4v) is 1.73. The van der Waals surface area contributed by atoms with Gasteiger partial charge in [0.1, 0.15) is 6.04 Å². The fourth-order valence-electron chi connectivity index (χ4n) is 1.73. The van der Waals surface area contributed by atoms with Crippen LogP contribution < -0.4 is 5.32 Å². The van der Waals surface area contributed by atoms with Crippen molar-refractivity contribution in [3.63, 3.8) is 0 Å². The fraction of sp³-hybridized carbons (Fsp3) is 0.800. The van der Waals surface area contributed by atoms with E-state index in [2.05, 4.69) is 5.32 Å². The minimum absolute atomic E-state index is 0.0639. The molecule has 5 heteroatoms. The summed E-state index contributed by atoms with van der Waals surface area (Å²) in [6.07, 6.45) is 1.39. The molecule has 0 spiro atoms. The van der Waals surface area contributed by atoms with Crippen LogP contribution in [0.4, 0.5) is 0 Å². The molecule has 1 aliphatic rings. The van der Waals surface area contributed by atoms with E-state index >= 15 is 0 Å². The number of ether oxygens (including phenoxy) is 1. The number of carboxylic acid groups (broad SMARTS) is 1. The van der Waals surface area contributed by atoms with Crippen molar-refractivity contribution in [1.29, 1.82) is 0 Å². The highest BCUT2D eigenvalue weighted by Gasteiger charge is 2.33. The molecule has 0 bridgehead atoms. The van der Waals surface area contributed by atoms with E-state index in [1.165, 1.54) is 6.92 Å². The number of aliphatic carboxylic acids is 1. The quantitative estimate of drug-likeness (QED) is 0.711. The molecule has 1 amide bonds. The van der Waals surface area contributed by atoms with Gasteiger partial charge in [-0.1, -0.05) is 6.92 Å². The molecule has 0 aliphatic carbocycles. The number of carbonyl (C=O) groups is 2. The van der Waals surface area contributed by atoms with Crippen molar-refractivity contribution in [2.45, 2.75) is 38.8 Å². The van der Waals surface area contributed by atoms with Crippen molar-refractivity contribution in [3.8, 4) is 0 Å². The van der Waals surface area contributed by atoms with Gasteiger partial charge in [-0.15, -0.1) is 0 Å². The molecule has 2 N–H and O–H groups in total. The van der Waals surface area contributed by atoms with Crippen molar-refractivity contribution in [2.24, 2.45) is 5.92 Å². The van der Waals surface area contributed by atoms with Crippen molar-refractivity contribution in [3.05, 3.63) is 0 Å². The van der Waals surface area contributed by atoms with E-state index in [1.807, 2.05) is 6.92 Å². The van der Waals surface area contributed by atoms with Crippen LogP contribution in [0.15, 0.2) is 0 Å². The first-order valence-corrected chi connectivity index (χ1v) is 5.21. The largest absolute Gasteiger partial charge is 0.480 e. The number of carboxylic acids is 1. The van der Waals surface area contributed by atoms with Gasteiger partial charge in [0.05, 0.1) is 12.0 Å². The predicted octanol–water partition coefficient (Wildman–Crippen LogP) is 0.391. The molecule has 86 valence electrons. The second kappa shape index (κ2) is 5.11. The number of hydrogen-bond donors (Lipinski definition) is 2. The maximum absolute atomic E-state index is 11.7. The number of amides is 1. The van der Waals surface area contributed by atoms with Gasteiger partial charge in [0, 0.05) is 6.61 Å². The SMILES string of the molecule is CCC1OCCC1C(=O)N[C@@H](C)C(=O)O. The van der Waals surface area contributed by atoms with Crippen LogP contribution in [0.5, 0.6) is 0 Å². The molecule has 0 aromatic rings. The topological polar surface area (TPSA) is 75.6 Å². The molecule has 1 saturated heterocycles. The highest BCUT2D eigenvalue weighted by molar-refractivity contribution is 5.85. The average Bonchev–Trinajstić information content (AvgIpc) is 2.64. The van der Waals surface area contributed by atoms with Crippen LogP contribution in [0.2, 0.25) is 0 Å². The third kappa shape index (κ3) is 2.92. The lowest BCUT2D eigenvalue weighted by Gasteiger charge is -2.18. The highest BCUT2D eigenvalue weighted by atomic mass is 16.5. The van der Waals surface area contributed by atoms with E-state index in [0.29, 0.717) is 13.0 Å². The number of nitrogens with one attached hydrogen (secondary N) is 1. The van der Waals surface area contributed by atoms with Gasteiger partial charge in [0.2, 0.25) is 5.91 Å². The van der Waals surface area contributed by atoms with E-state index < -0.39 is 12.0 Å². The van der Waals surface area contributed by atoms with Gasteiger partial charge in [-0.05, 0) is 19.8 Å². The minimum atomic E-state index is -1.02. The average molecular weight is 215 g/mol. The molecular weight excluding hydrogens is 198 g/mol. The van der Waals surface area contributed by atoms with Crippen molar-refractivity contribution in [2.75, 3.05) is 6.61 Å². The van der Waals surface area contributed by atoms with E-state index in [4.69, 9.17) is 9.84 Å². The van der Waals surface area contributed by atoms with Crippen molar-refractivity contribution in [1.82, 2.24) is 5.32 Å². The van der Waals surface area contributed by atoms with Crippen LogP contribution >= 0.6 is 0 Å². The number of hydrogen-bond acceptors (Lipinski definition) is 3. The van der Waals surface area contributed by atoms with Gasteiger partial charge in [0.15, 0.2) is 0 Å². The van der Waals surface area contributed by atoms with E-state index in [1.54, 1.807) is 0 Å². The molecule has 0 saturated carbocycles. The standard InChI is InChI=1S/C10H17NO4/c1-3-8-7(4-5-15-8)9(12)11-6(2)10(13)14/h6-8H,3-5H2,1-2H3,(H,11,12)(H,13,14)/t6-,7?,8?/m0/s1. The zero-order chi connectivity index (χ0) is 11.4. The van der Waals surface area contributed by atoms with Gasteiger partial charge in [-0.3, -0.25) is 9.59 Å². The van der Waals surface area contributed by atoms with Crippen LogP contribution in [0, 0.1) is 5.92 Å². The summed E-state index contributed by atoms with van der Waals surface area (Å²) in [5.41, 5.74) is 0. The first-order valence-electron chi connectivity index (χ1n) is 5.21. The summed E-state index contributed by atoms with van der Waals surface area (Å²) in [5, 5.41) is 11.1. The Morgan fingerprint density at radius 2 is 2.27 bits per heavy atom. The molecule has 0 aromatic heterocycles. The Morgan fingerprint density at radius 3 is 2.80 bits per heavy atom. The summed E-state index contributed by atoms with van der Waals surface area (Å²) in [4.78, 5) is 22.2. The summed E-state index contributed by atoms with van der Waals surface area (Å²) in [6.45, 7) is 3.99. The molecule has 1 heterocycles. The molecular formula is C10H17NO4. The van der Waals surface area contributed by atoms with E-state index in [0.717, 1.165) is 6.42 Å². The highest BCUT2D eigenvalue weighted by Crippen LogP contribution is 2.23. The molecule has 1 fully saturated rings. The molecule has 1 rings (SSSR count). The summed E-state index contributed by atoms with van der Waals surface area (Å²) >= 11 is 0. The van der Waals surface area contributed by atoms with Crippen LogP contribution in [-0.2, 0) is 14.3 Å². The van der Waals surface area contributed by atoms with Crippen molar-refractivity contribution < 1.29 is 19.4 Å². The predicted molar refractivity (Wildman–Crippen MR) is 53.4 cm³/mol. The molecule has 0 radical (unpaired) electrons. The smallest absolute Gasteiger partial charge is 0.325 e. The van der Waals surface area contributed by atoms with Gasteiger partial charge >= 0.3 is 5.97 Å². The van der Waals surface area contributed by atoms with E-state index in [-0.39, 0.29) is 17.9 Å². The Balaban J connectivity index is 2.49. The molecule has 15 heavy (non-hydrogen) atoms. The summed E-state index contributed by atoms with van der Waals surface area (Å²) in [6, 6.07) is -0.837. The third-order valence-corrected chi connectivity index (χ3v) is 2.68. The van der Waals surface area contributed by atoms with Gasteiger partial charge in [0.25, 0.3) is 0 Å². The first kappa shape index (κ1) is 12.0. The summed E-state index contributed by atoms with van der Waals surface area (Å²) in [5.74, 6) is -1.43. The molecule has 5 nitrogen and oxygen atoms in total. The maximum Gasteiger partial charge on any atom is 0.325 e. The lowest BCUT2D eigenvalue weighted by atomic mass is 9.98. The van der Waals surface area contributed by atoms with Crippen LogP contribution in [0.25, 0.3) is 0 Å². The lowest BCUT2D eigenvalue weighted by molar-refractivity contribution is -0.142. The van der Waals surface area contributed by atoms with Gasteiger partial charge < -0.3 is 15.2 Å². The van der Waals surface area contributed by atoms with Gasteiger partial charge in [-0.2, -0.15) is 0 Å². The monoisotopic (exact) mass is 215 g/mol. The normalized spacial score (nSPS) is 27.3. The molecule has 1 aliphatic heterocycles. The summed E-state index contributed by atoms with van der Waals surface area (Å²) in [7, 11) is 0. The van der Waals surface area contributed by atoms with Crippen molar-refractivity contribution >= 4 is 11.9 Å². The molecule has 3 atom stereocenters. The Labute approximate surface area is 88.8 Å². The zero-order valence-electron chi connectivity index (χ0n) is 9.03. The zero-order valence-corrected chi connectivity index (χ0v) is 9.03. The Kier molecular flexibility index (Phi) is 4.08. The second-order valence-corrected chi connectivity index (χ2v) is 3.78. The first-order chi connectivity index (χ1) is 7.06. The molecule has 0 aromatic carbocycles. The van der Waals surface area contributed by atoms with Crippen LogP contribution in [0.1, 0.15) is 26.7 Å². The Bertz CT molecular complexity index is 254. The van der Waals surface area contributed by atoms with Gasteiger partial charge in [-0.25, -0.2) is 0 Å². The van der Waals surface area contributed by atoms with Crippen LogP contribution in [-0.4, -0.2) is 35.7 Å². The summed E-state index contributed by atoms with van der Waals surface area (Å²) < 4.78 is 5.37. The third-order valence-electron chi connectivity index (χ3n) is 2.68. The van der Waals surface area contributed by atoms with E-state index in [9.17, 15) is 9.59 Å². The van der Waals surface area contributed by atoms with Crippen LogP contribution in [0.3, 0.4) is 0 Å². The number of rotatable bonds is 4.